The number of aromatic amines is 1. The second-order valence-corrected chi connectivity index (χ2v) is 3.11. The largest absolute Gasteiger partial charge is 0.466 e. The third-order valence-electron chi connectivity index (χ3n) is 1.77. The van der Waals surface area contributed by atoms with Gasteiger partial charge in [0.25, 0.3) is 0 Å². The summed E-state index contributed by atoms with van der Waals surface area (Å²) < 4.78 is 4.86. The third-order valence-corrected chi connectivity index (χ3v) is 2.02. The molecule has 0 radical (unpaired) electrons. The van der Waals surface area contributed by atoms with Crippen LogP contribution in [0.15, 0.2) is 24.3 Å². The van der Waals surface area contributed by atoms with Crippen molar-refractivity contribution in [1.82, 2.24) is 15.2 Å². The van der Waals surface area contributed by atoms with Crippen LogP contribution >= 0.6 is 11.6 Å². The molecule has 0 saturated carbocycles. The molecule has 1 heterocycles. The lowest BCUT2D eigenvalue weighted by molar-refractivity contribution is 0.382. The molecule has 0 aliphatic carbocycles. The fraction of sp³-hybridized carbons (Fsp3) is 0.111. The number of aromatic nitrogens is 3. The van der Waals surface area contributed by atoms with E-state index < -0.39 is 0 Å². The van der Waals surface area contributed by atoms with Crippen molar-refractivity contribution in [3.05, 3.63) is 29.3 Å². The number of methoxy groups -OCH3 is 1. The fourth-order valence-electron chi connectivity index (χ4n) is 1.07. The first-order chi connectivity index (χ1) is 6.79. The van der Waals surface area contributed by atoms with Gasteiger partial charge in [0.15, 0.2) is 5.82 Å². The van der Waals surface area contributed by atoms with Gasteiger partial charge >= 0.3 is 6.01 Å². The molecule has 0 bridgehead atoms. The van der Waals surface area contributed by atoms with E-state index in [1.165, 1.54) is 7.11 Å². The number of hydrogen-bond donors (Lipinski definition) is 1. The lowest BCUT2D eigenvalue weighted by atomic mass is 10.2. The number of nitrogens with one attached hydrogen (secondary N) is 1. The van der Waals surface area contributed by atoms with Crippen molar-refractivity contribution in [2.24, 2.45) is 0 Å². The van der Waals surface area contributed by atoms with E-state index in [-0.39, 0.29) is 0 Å². The van der Waals surface area contributed by atoms with Crippen LogP contribution in [0.2, 0.25) is 5.02 Å². The maximum Gasteiger partial charge on any atom is 0.335 e. The smallest absolute Gasteiger partial charge is 0.335 e. The quantitative estimate of drug-likeness (QED) is 0.825. The van der Waals surface area contributed by atoms with Gasteiger partial charge < -0.3 is 4.74 Å². The summed E-state index contributed by atoms with van der Waals surface area (Å²) in [6, 6.07) is 7.65. The number of benzene rings is 1. The Morgan fingerprint density at radius 1 is 1.29 bits per heavy atom. The predicted octanol–water partition coefficient (Wildman–Crippen LogP) is 2.13. The van der Waals surface area contributed by atoms with Gasteiger partial charge in [0.05, 0.1) is 7.11 Å². The first-order valence-electron chi connectivity index (χ1n) is 4.02. The Bertz CT molecular complexity index is 424. The normalized spacial score (nSPS) is 10.1. The van der Waals surface area contributed by atoms with E-state index in [1.54, 1.807) is 12.1 Å². The first-order valence-corrected chi connectivity index (χ1v) is 4.40. The van der Waals surface area contributed by atoms with Gasteiger partial charge in [0, 0.05) is 10.6 Å². The summed E-state index contributed by atoms with van der Waals surface area (Å²) in [6.45, 7) is 0. The van der Waals surface area contributed by atoms with Crippen LogP contribution in [-0.2, 0) is 0 Å². The van der Waals surface area contributed by atoms with Gasteiger partial charge in [0.2, 0.25) is 0 Å². The minimum Gasteiger partial charge on any atom is -0.466 e. The molecule has 0 atom stereocenters. The van der Waals surface area contributed by atoms with Crippen LogP contribution in [-0.4, -0.2) is 22.3 Å². The van der Waals surface area contributed by atoms with Crippen LogP contribution in [0, 0.1) is 0 Å². The van der Waals surface area contributed by atoms with Crippen molar-refractivity contribution >= 4 is 11.6 Å². The van der Waals surface area contributed by atoms with Crippen LogP contribution in [0.5, 0.6) is 6.01 Å². The van der Waals surface area contributed by atoms with Crippen LogP contribution in [0.1, 0.15) is 0 Å². The SMILES string of the molecule is COc1n[nH]c(-c2ccc(Cl)cc2)n1. The molecule has 5 heteroatoms. The van der Waals surface area contributed by atoms with Crippen molar-refractivity contribution < 1.29 is 4.74 Å². The molecule has 0 aliphatic rings. The van der Waals surface area contributed by atoms with Crippen molar-refractivity contribution in [1.29, 1.82) is 0 Å². The van der Waals surface area contributed by atoms with E-state index in [0.717, 1.165) is 5.56 Å². The summed E-state index contributed by atoms with van der Waals surface area (Å²) in [5.74, 6) is 0.665. The second-order valence-electron chi connectivity index (χ2n) is 2.68. The van der Waals surface area contributed by atoms with E-state index in [1.807, 2.05) is 12.1 Å². The highest BCUT2D eigenvalue weighted by molar-refractivity contribution is 6.30. The molecule has 0 spiro atoms. The van der Waals surface area contributed by atoms with E-state index in [2.05, 4.69) is 15.2 Å². The van der Waals surface area contributed by atoms with Gasteiger partial charge in [-0.1, -0.05) is 11.6 Å². The Morgan fingerprint density at radius 2 is 2.00 bits per heavy atom. The molecule has 0 aliphatic heterocycles. The number of H-pyrrole nitrogens is 1. The number of nitrogens with zero attached hydrogens (tertiary/aromatic N) is 2. The van der Waals surface area contributed by atoms with Crippen molar-refractivity contribution in [3.63, 3.8) is 0 Å². The summed E-state index contributed by atoms with van der Waals surface area (Å²) >= 11 is 5.76. The van der Waals surface area contributed by atoms with E-state index in [0.29, 0.717) is 16.9 Å². The summed E-state index contributed by atoms with van der Waals surface area (Å²) in [5, 5.41) is 7.30. The van der Waals surface area contributed by atoms with Gasteiger partial charge in [0.1, 0.15) is 0 Å². The fourth-order valence-corrected chi connectivity index (χ4v) is 1.20. The monoisotopic (exact) mass is 209 g/mol. The predicted molar refractivity (Wildman–Crippen MR) is 53.4 cm³/mol. The number of ether oxygens (including phenoxy) is 1. The minimum atomic E-state index is 0.329. The van der Waals surface area contributed by atoms with E-state index in [4.69, 9.17) is 16.3 Å². The molecule has 0 amide bonds. The molecular weight excluding hydrogens is 202 g/mol. The molecule has 1 N–H and O–H groups in total. The summed E-state index contributed by atoms with van der Waals surface area (Å²) in [6.07, 6.45) is 0. The number of rotatable bonds is 2. The van der Waals surface area contributed by atoms with E-state index >= 15 is 0 Å². The van der Waals surface area contributed by atoms with E-state index in [9.17, 15) is 0 Å². The number of hydrogen-bond acceptors (Lipinski definition) is 3. The summed E-state index contributed by atoms with van der Waals surface area (Å²) in [7, 11) is 1.52. The topological polar surface area (TPSA) is 50.8 Å². The summed E-state index contributed by atoms with van der Waals surface area (Å²) in [4.78, 5) is 4.10. The lowest BCUT2D eigenvalue weighted by Gasteiger charge is -1.94. The molecule has 0 unspecified atom stereocenters. The van der Waals surface area contributed by atoms with Crippen LogP contribution in [0.3, 0.4) is 0 Å². The molecule has 2 aromatic rings. The average Bonchev–Trinajstić information content (AvgIpc) is 2.67. The maximum atomic E-state index is 5.76. The third kappa shape index (κ3) is 1.70. The molecule has 0 fully saturated rings. The van der Waals surface area contributed by atoms with Crippen molar-refractivity contribution in [2.75, 3.05) is 7.11 Å². The Kier molecular flexibility index (Phi) is 2.37. The summed E-state index contributed by atoms with van der Waals surface area (Å²) in [5.41, 5.74) is 0.921. The number of halogens is 1. The first kappa shape index (κ1) is 9.02. The Labute approximate surface area is 85.9 Å². The maximum absolute atomic E-state index is 5.76. The molecule has 72 valence electrons. The molecular formula is C9H8ClN3O. The van der Waals surface area contributed by atoms with Crippen LogP contribution in [0.25, 0.3) is 11.4 Å². The lowest BCUT2D eigenvalue weighted by Crippen LogP contribution is -1.83. The van der Waals surface area contributed by atoms with Gasteiger partial charge in [-0.3, -0.25) is 5.10 Å². The molecule has 2 rings (SSSR count). The highest BCUT2D eigenvalue weighted by Gasteiger charge is 2.04. The van der Waals surface area contributed by atoms with Crippen LogP contribution in [0.4, 0.5) is 0 Å². The van der Waals surface area contributed by atoms with Gasteiger partial charge in [-0.05, 0) is 24.3 Å². The Hall–Kier alpha value is -1.55. The molecule has 14 heavy (non-hydrogen) atoms. The standard InChI is InChI=1S/C9H8ClN3O/c1-14-9-11-8(12-13-9)6-2-4-7(10)5-3-6/h2-5H,1H3,(H,11,12,13). The second kappa shape index (κ2) is 3.67. The van der Waals surface area contributed by atoms with Crippen molar-refractivity contribution in [3.8, 4) is 17.4 Å². The molecule has 4 nitrogen and oxygen atoms in total. The Morgan fingerprint density at radius 3 is 2.57 bits per heavy atom. The zero-order chi connectivity index (χ0) is 9.97. The van der Waals surface area contributed by atoms with Crippen molar-refractivity contribution in [2.45, 2.75) is 0 Å². The Balaban J connectivity index is 2.34. The zero-order valence-corrected chi connectivity index (χ0v) is 8.25. The molecule has 0 saturated heterocycles. The van der Waals surface area contributed by atoms with Gasteiger partial charge in [-0.15, -0.1) is 5.10 Å². The highest BCUT2D eigenvalue weighted by Crippen LogP contribution is 2.18. The van der Waals surface area contributed by atoms with Gasteiger partial charge in [-0.2, -0.15) is 4.98 Å². The van der Waals surface area contributed by atoms with Crippen LogP contribution < -0.4 is 4.74 Å². The molecule has 1 aromatic heterocycles. The average molecular weight is 210 g/mol. The molecule has 1 aromatic carbocycles. The zero-order valence-electron chi connectivity index (χ0n) is 7.49. The minimum absolute atomic E-state index is 0.329. The highest BCUT2D eigenvalue weighted by atomic mass is 35.5. The van der Waals surface area contributed by atoms with Gasteiger partial charge in [-0.25, -0.2) is 0 Å².